The molecule has 0 radical (unpaired) electrons. The van der Waals surface area contributed by atoms with Gasteiger partial charge in [-0.2, -0.15) is 0 Å². The molecule has 1 heterocycles. The number of nitrogens with zero attached hydrogens (tertiary/aromatic N) is 1. The van der Waals surface area contributed by atoms with Crippen LogP contribution in [-0.2, 0) is 0 Å². The predicted molar refractivity (Wildman–Crippen MR) is 67.6 cm³/mol. The van der Waals surface area contributed by atoms with Gasteiger partial charge in [0.25, 0.3) is 0 Å². The third-order valence-electron chi connectivity index (χ3n) is 2.71. The first-order valence-corrected chi connectivity index (χ1v) is 5.95. The van der Waals surface area contributed by atoms with Crippen molar-refractivity contribution in [3.8, 4) is 0 Å². The van der Waals surface area contributed by atoms with Crippen molar-refractivity contribution >= 4 is 27.6 Å². The lowest BCUT2D eigenvalue weighted by Crippen LogP contribution is -2.33. The zero-order valence-corrected chi connectivity index (χ0v) is 10.6. The number of amides is 2. The average molecular weight is 284 g/mol. The third-order valence-corrected chi connectivity index (χ3v) is 3.60. The summed E-state index contributed by atoms with van der Waals surface area (Å²) in [6.45, 7) is 3.11. The Hall–Kier alpha value is -1.07. The molecule has 0 saturated carbocycles. The number of halogens is 1. The highest BCUT2D eigenvalue weighted by Crippen LogP contribution is 2.24. The van der Waals surface area contributed by atoms with Crippen molar-refractivity contribution in [3.63, 3.8) is 0 Å². The van der Waals surface area contributed by atoms with E-state index in [1.807, 2.05) is 25.1 Å². The minimum absolute atomic E-state index is 0.0523. The minimum atomic E-state index is -0.0721. The summed E-state index contributed by atoms with van der Waals surface area (Å²) in [7, 11) is 0. The zero-order chi connectivity index (χ0) is 11.7. The zero-order valence-electron chi connectivity index (χ0n) is 9.03. The Morgan fingerprint density at radius 3 is 2.94 bits per heavy atom. The van der Waals surface area contributed by atoms with Gasteiger partial charge in [0.2, 0.25) is 0 Å². The van der Waals surface area contributed by atoms with Gasteiger partial charge in [0.05, 0.1) is 6.04 Å². The molecule has 2 amide bonds. The van der Waals surface area contributed by atoms with Gasteiger partial charge in [0.1, 0.15) is 0 Å². The summed E-state index contributed by atoms with van der Waals surface area (Å²) in [4.78, 5) is 13.4. The number of nitrogens with one attached hydrogen (secondary N) is 1. The van der Waals surface area contributed by atoms with Crippen molar-refractivity contribution in [2.45, 2.75) is 13.0 Å². The van der Waals surface area contributed by atoms with Crippen LogP contribution in [0.5, 0.6) is 0 Å². The Kier molecular flexibility index (Phi) is 3.16. The lowest BCUT2D eigenvalue weighted by atomic mass is 10.2. The molecule has 2 rings (SSSR count). The molecule has 0 aliphatic carbocycles. The summed E-state index contributed by atoms with van der Waals surface area (Å²) in [6, 6.07) is 5.85. The van der Waals surface area contributed by atoms with Crippen LogP contribution in [0.3, 0.4) is 0 Å². The van der Waals surface area contributed by atoms with Gasteiger partial charge in [-0.15, -0.1) is 0 Å². The molecule has 1 unspecified atom stereocenters. The first kappa shape index (κ1) is 11.4. The number of rotatable bonds is 2. The monoisotopic (exact) mass is 283 g/mol. The summed E-state index contributed by atoms with van der Waals surface area (Å²) in [5, 5.41) is 2.84. The number of urea groups is 1. The van der Waals surface area contributed by atoms with Crippen molar-refractivity contribution in [2.24, 2.45) is 5.73 Å². The standard InChI is InChI=1S/C11H14BrN3O/c1-7-4-9(2-3-10(7)12)15-6-8(5-13)14-11(15)16/h2-4,8H,5-6,13H2,1H3,(H,14,16). The lowest BCUT2D eigenvalue weighted by Gasteiger charge is -2.15. The van der Waals surface area contributed by atoms with Crippen molar-refractivity contribution < 1.29 is 4.79 Å². The van der Waals surface area contributed by atoms with E-state index in [0.29, 0.717) is 13.1 Å². The molecule has 1 aromatic rings. The SMILES string of the molecule is Cc1cc(N2CC(CN)NC2=O)ccc1Br. The molecule has 0 aromatic heterocycles. The number of carbonyl (C=O) groups is 1. The molecule has 3 N–H and O–H groups in total. The van der Waals surface area contributed by atoms with Gasteiger partial charge < -0.3 is 11.1 Å². The van der Waals surface area contributed by atoms with Crippen LogP contribution in [0.15, 0.2) is 22.7 Å². The molecule has 16 heavy (non-hydrogen) atoms. The highest BCUT2D eigenvalue weighted by molar-refractivity contribution is 9.10. The maximum Gasteiger partial charge on any atom is 0.322 e. The van der Waals surface area contributed by atoms with E-state index in [1.54, 1.807) is 4.90 Å². The van der Waals surface area contributed by atoms with E-state index < -0.39 is 0 Å². The number of hydrogen-bond donors (Lipinski definition) is 2. The number of hydrogen-bond acceptors (Lipinski definition) is 2. The number of aryl methyl sites for hydroxylation is 1. The van der Waals surface area contributed by atoms with Gasteiger partial charge in [0.15, 0.2) is 0 Å². The summed E-state index contributed by atoms with van der Waals surface area (Å²) in [5.74, 6) is 0. The molecule has 1 aliphatic heterocycles. The van der Waals surface area contributed by atoms with E-state index in [0.717, 1.165) is 15.7 Å². The predicted octanol–water partition coefficient (Wildman–Crippen LogP) is 1.61. The average Bonchev–Trinajstić information content (AvgIpc) is 2.64. The Morgan fingerprint density at radius 1 is 1.62 bits per heavy atom. The van der Waals surface area contributed by atoms with Gasteiger partial charge >= 0.3 is 6.03 Å². The van der Waals surface area contributed by atoms with Crippen LogP contribution in [-0.4, -0.2) is 25.2 Å². The highest BCUT2D eigenvalue weighted by atomic mass is 79.9. The van der Waals surface area contributed by atoms with E-state index in [4.69, 9.17) is 5.73 Å². The van der Waals surface area contributed by atoms with Crippen LogP contribution in [0, 0.1) is 6.92 Å². The Morgan fingerprint density at radius 2 is 2.38 bits per heavy atom. The van der Waals surface area contributed by atoms with Gasteiger partial charge in [-0.05, 0) is 30.7 Å². The van der Waals surface area contributed by atoms with Crippen LogP contribution in [0.1, 0.15) is 5.56 Å². The lowest BCUT2D eigenvalue weighted by molar-refractivity contribution is 0.251. The quantitative estimate of drug-likeness (QED) is 0.867. The van der Waals surface area contributed by atoms with Crippen LogP contribution in [0.25, 0.3) is 0 Å². The van der Waals surface area contributed by atoms with Crippen LogP contribution < -0.4 is 16.0 Å². The van der Waals surface area contributed by atoms with Gasteiger partial charge in [0, 0.05) is 23.2 Å². The van der Waals surface area contributed by atoms with E-state index in [-0.39, 0.29) is 12.1 Å². The van der Waals surface area contributed by atoms with E-state index in [9.17, 15) is 4.79 Å². The fourth-order valence-corrected chi connectivity index (χ4v) is 2.00. The maximum absolute atomic E-state index is 11.7. The topological polar surface area (TPSA) is 58.4 Å². The molecule has 5 heteroatoms. The molecular weight excluding hydrogens is 270 g/mol. The molecule has 4 nitrogen and oxygen atoms in total. The van der Waals surface area contributed by atoms with Crippen LogP contribution in [0.2, 0.25) is 0 Å². The first-order chi connectivity index (χ1) is 7.61. The van der Waals surface area contributed by atoms with Gasteiger partial charge in [-0.25, -0.2) is 4.79 Å². The molecule has 1 aliphatic rings. The largest absolute Gasteiger partial charge is 0.332 e. The fraction of sp³-hybridized carbons (Fsp3) is 0.364. The smallest absolute Gasteiger partial charge is 0.322 e. The molecule has 0 bridgehead atoms. The summed E-state index contributed by atoms with van der Waals surface area (Å²) >= 11 is 3.44. The number of nitrogens with two attached hydrogens (primary N) is 1. The highest BCUT2D eigenvalue weighted by Gasteiger charge is 2.28. The second kappa shape index (κ2) is 4.43. The Labute approximate surface area is 103 Å². The molecule has 0 spiro atoms. The van der Waals surface area contributed by atoms with E-state index in [1.165, 1.54) is 0 Å². The molecule has 1 fully saturated rings. The van der Waals surface area contributed by atoms with Crippen LogP contribution in [0.4, 0.5) is 10.5 Å². The molecule has 1 aromatic carbocycles. The molecule has 86 valence electrons. The Balaban J connectivity index is 2.24. The summed E-state index contributed by atoms with van der Waals surface area (Å²) in [5.41, 5.74) is 7.57. The molecule has 1 atom stereocenters. The minimum Gasteiger partial charge on any atom is -0.332 e. The van der Waals surface area contributed by atoms with Crippen molar-refractivity contribution in [1.82, 2.24) is 5.32 Å². The second-order valence-electron chi connectivity index (χ2n) is 3.93. The number of anilines is 1. The normalized spacial score (nSPS) is 20.1. The summed E-state index contributed by atoms with van der Waals surface area (Å²) < 4.78 is 1.05. The van der Waals surface area contributed by atoms with Crippen molar-refractivity contribution in [3.05, 3.63) is 28.2 Å². The second-order valence-corrected chi connectivity index (χ2v) is 4.78. The van der Waals surface area contributed by atoms with E-state index >= 15 is 0 Å². The number of carbonyl (C=O) groups excluding carboxylic acids is 1. The van der Waals surface area contributed by atoms with Gasteiger partial charge in [-0.3, -0.25) is 4.90 Å². The maximum atomic E-state index is 11.7. The molecule has 1 saturated heterocycles. The molecular formula is C11H14BrN3O. The number of benzene rings is 1. The summed E-state index contributed by atoms with van der Waals surface area (Å²) in [6.07, 6.45) is 0. The van der Waals surface area contributed by atoms with Crippen LogP contribution >= 0.6 is 15.9 Å². The van der Waals surface area contributed by atoms with Crippen molar-refractivity contribution in [1.29, 1.82) is 0 Å². The Bertz CT molecular complexity index is 422. The fourth-order valence-electron chi connectivity index (χ4n) is 1.75. The van der Waals surface area contributed by atoms with Crippen molar-refractivity contribution in [2.75, 3.05) is 18.0 Å². The first-order valence-electron chi connectivity index (χ1n) is 5.16. The van der Waals surface area contributed by atoms with E-state index in [2.05, 4.69) is 21.2 Å². The van der Waals surface area contributed by atoms with Gasteiger partial charge in [-0.1, -0.05) is 15.9 Å². The third kappa shape index (κ3) is 2.05.